The molecule has 0 bridgehead atoms. The highest BCUT2D eigenvalue weighted by atomic mass is 16.6. The highest BCUT2D eigenvalue weighted by molar-refractivity contribution is 5.67. The number of carbonyl (C=O) groups excluding carboxylic acids is 1. The van der Waals surface area contributed by atoms with E-state index in [1.165, 1.54) is 25.9 Å². The molecule has 5 nitrogen and oxygen atoms in total. The van der Waals surface area contributed by atoms with Gasteiger partial charge in [-0.25, -0.2) is 4.79 Å². The maximum absolute atomic E-state index is 11.6. The number of ether oxygens (including phenoxy) is 1. The Morgan fingerprint density at radius 1 is 1.11 bits per heavy atom. The lowest BCUT2D eigenvalue weighted by molar-refractivity contribution is 0.0506. The third-order valence-electron chi connectivity index (χ3n) is 4.04. The summed E-state index contributed by atoms with van der Waals surface area (Å²) in [4.78, 5) is 18.4. The first-order chi connectivity index (χ1) is 8.70. The summed E-state index contributed by atoms with van der Waals surface area (Å²) < 4.78 is 5.04. The summed E-state index contributed by atoms with van der Waals surface area (Å²) in [6.07, 6.45) is 2.37. The van der Waals surface area contributed by atoms with Gasteiger partial charge in [-0.1, -0.05) is 0 Å². The van der Waals surface area contributed by atoms with E-state index < -0.39 is 0 Å². The highest BCUT2D eigenvalue weighted by Crippen LogP contribution is 2.17. The van der Waals surface area contributed by atoms with Crippen LogP contribution in [-0.4, -0.2) is 79.8 Å². The molecule has 0 N–H and O–H groups in total. The Balaban J connectivity index is 1.74. The second kappa shape index (κ2) is 6.38. The molecule has 0 spiro atoms. The van der Waals surface area contributed by atoms with Crippen LogP contribution in [0.5, 0.6) is 0 Å². The van der Waals surface area contributed by atoms with E-state index in [0.717, 1.165) is 26.2 Å². The van der Waals surface area contributed by atoms with Crippen LogP contribution in [0.1, 0.15) is 19.8 Å². The molecule has 2 aliphatic rings. The maximum atomic E-state index is 11.6. The third-order valence-corrected chi connectivity index (χ3v) is 4.04. The SMILES string of the molecule is CCOC(=O)N1CCN(C2CCN(C)CC2)CC1. The van der Waals surface area contributed by atoms with Crippen LogP contribution in [-0.2, 0) is 4.74 Å². The predicted octanol–water partition coefficient (Wildman–Crippen LogP) is 0.855. The van der Waals surface area contributed by atoms with E-state index in [1.54, 1.807) is 0 Å². The minimum Gasteiger partial charge on any atom is -0.450 e. The molecule has 0 atom stereocenters. The van der Waals surface area contributed by atoms with Crippen molar-refractivity contribution >= 4 is 6.09 Å². The van der Waals surface area contributed by atoms with Crippen LogP contribution in [0.15, 0.2) is 0 Å². The highest BCUT2D eigenvalue weighted by Gasteiger charge is 2.28. The van der Waals surface area contributed by atoms with Crippen molar-refractivity contribution in [1.82, 2.24) is 14.7 Å². The first-order valence-corrected chi connectivity index (χ1v) is 7.05. The van der Waals surface area contributed by atoms with E-state index in [0.29, 0.717) is 12.6 Å². The fourth-order valence-corrected chi connectivity index (χ4v) is 2.84. The smallest absolute Gasteiger partial charge is 0.409 e. The topological polar surface area (TPSA) is 36.0 Å². The van der Waals surface area contributed by atoms with Gasteiger partial charge in [0.2, 0.25) is 0 Å². The monoisotopic (exact) mass is 255 g/mol. The summed E-state index contributed by atoms with van der Waals surface area (Å²) in [5.41, 5.74) is 0. The molecular formula is C13H25N3O2. The van der Waals surface area contributed by atoms with Crippen molar-refractivity contribution in [2.24, 2.45) is 0 Å². The van der Waals surface area contributed by atoms with Gasteiger partial charge in [0.1, 0.15) is 0 Å². The zero-order valence-corrected chi connectivity index (χ0v) is 11.6. The van der Waals surface area contributed by atoms with Gasteiger partial charge in [-0.05, 0) is 39.9 Å². The lowest BCUT2D eigenvalue weighted by atomic mass is 10.0. The van der Waals surface area contributed by atoms with Gasteiger partial charge in [-0.2, -0.15) is 0 Å². The zero-order chi connectivity index (χ0) is 13.0. The molecule has 1 amide bonds. The first-order valence-electron chi connectivity index (χ1n) is 7.05. The Morgan fingerprint density at radius 3 is 2.28 bits per heavy atom. The van der Waals surface area contributed by atoms with E-state index in [-0.39, 0.29) is 6.09 Å². The minimum atomic E-state index is -0.152. The average Bonchev–Trinajstić information content (AvgIpc) is 2.40. The van der Waals surface area contributed by atoms with Crippen LogP contribution >= 0.6 is 0 Å². The fraction of sp³-hybridized carbons (Fsp3) is 0.923. The number of amides is 1. The van der Waals surface area contributed by atoms with Crippen molar-refractivity contribution in [3.05, 3.63) is 0 Å². The van der Waals surface area contributed by atoms with Crippen LogP contribution in [0.4, 0.5) is 4.79 Å². The van der Waals surface area contributed by atoms with E-state index >= 15 is 0 Å². The normalized spacial score (nSPS) is 24.2. The van der Waals surface area contributed by atoms with Crippen molar-refractivity contribution < 1.29 is 9.53 Å². The molecule has 104 valence electrons. The van der Waals surface area contributed by atoms with Crippen LogP contribution in [0.2, 0.25) is 0 Å². The number of carbonyl (C=O) groups is 1. The van der Waals surface area contributed by atoms with E-state index in [4.69, 9.17) is 4.74 Å². The Labute approximate surface area is 110 Å². The zero-order valence-electron chi connectivity index (χ0n) is 11.6. The number of rotatable bonds is 2. The van der Waals surface area contributed by atoms with E-state index in [1.807, 2.05) is 11.8 Å². The standard InChI is InChI=1S/C13H25N3O2/c1-3-18-13(17)16-10-8-15(9-11-16)12-4-6-14(2)7-5-12/h12H,3-11H2,1-2H3. The van der Waals surface area contributed by atoms with Gasteiger partial charge in [0.05, 0.1) is 6.61 Å². The second-order valence-corrected chi connectivity index (χ2v) is 5.26. The number of hydrogen-bond donors (Lipinski definition) is 0. The van der Waals surface area contributed by atoms with Gasteiger partial charge < -0.3 is 14.5 Å². The molecule has 2 aliphatic heterocycles. The molecule has 0 saturated carbocycles. The molecule has 18 heavy (non-hydrogen) atoms. The summed E-state index contributed by atoms with van der Waals surface area (Å²) in [5.74, 6) is 0. The molecular weight excluding hydrogens is 230 g/mol. The van der Waals surface area contributed by atoms with Gasteiger partial charge in [-0.15, -0.1) is 0 Å². The number of likely N-dealkylation sites (tertiary alicyclic amines) is 1. The number of hydrogen-bond acceptors (Lipinski definition) is 4. The molecule has 2 fully saturated rings. The summed E-state index contributed by atoms with van der Waals surface area (Å²) in [7, 11) is 2.19. The van der Waals surface area contributed by atoms with Gasteiger partial charge in [0.25, 0.3) is 0 Å². The van der Waals surface area contributed by atoms with Gasteiger partial charge in [0, 0.05) is 32.2 Å². The van der Waals surface area contributed by atoms with Gasteiger partial charge in [-0.3, -0.25) is 4.90 Å². The molecule has 5 heteroatoms. The van der Waals surface area contributed by atoms with Crippen LogP contribution in [0, 0.1) is 0 Å². The molecule has 0 aromatic rings. The largest absolute Gasteiger partial charge is 0.450 e. The predicted molar refractivity (Wildman–Crippen MR) is 70.7 cm³/mol. The van der Waals surface area contributed by atoms with Crippen LogP contribution < -0.4 is 0 Å². The maximum Gasteiger partial charge on any atom is 0.409 e. The molecule has 0 aliphatic carbocycles. The quantitative estimate of drug-likeness (QED) is 0.733. The van der Waals surface area contributed by atoms with Crippen molar-refractivity contribution in [2.75, 3.05) is 52.9 Å². The Bertz CT molecular complexity index is 269. The average molecular weight is 255 g/mol. The number of piperidine rings is 1. The van der Waals surface area contributed by atoms with E-state index in [2.05, 4.69) is 16.8 Å². The summed E-state index contributed by atoms with van der Waals surface area (Å²) in [6.45, 7) is 8.32. The first kappa shape index (κ1) is 13.6. The molecule has 2 heterocycles. The van der Waals surface area contributed by atoms with Gasteiger partial charge >= 0.3 is 6.09 Å². The Morgan fingerprint density at radius 2 is 1.72 bits per heavy atom. The lowest BCUT2D eigenvalue weighted by Crippen LogP contribution is -2.54. The molecule has 2 saturated heterocycles. The molecule has 0 aromatic carbocycles. The summed E-state index contributed by atoms with van der Waals surface area (Å²) in [6, 6.07) is 0.713. The Kier molecular flexibility index (Phi) is 4.83. The molecule has 0 radical (unpaired) electrons. The summed E-state index contributed by atoms with van der Waals surface area (Å²) in [5, 5.41) is 0. The minimum absolute atomic E-state index is 0.152. The van der Waals surface area contributed by atoms with E-state index in [9.17, 15) is 4.79 Å². The summed E-state index contributed by atoms with van der Waals surface area (Å²) >= 11 is 0. The number of nitrogens with zero attached hydrogens (tertiary/aromatic N) is 3. The van der Waals surface area contributed by atoms with Crippen molar-refractivity contribution in [3.63, 3.8) is 0 Å². The molecule has 0 aromatic heterocycles. The van der Waals surface area contributed by atoms with Gasteiger partial charge in [0.15, 0.2) is 0 Å². The van der Waals surface area contributed by atoms with Crippen LogP contribution in [0.25, 0.3) is 0 Å². The Hall–Kier alpha value is -0.810. The number of piperazine rings is 1. The van der Waals surface area contributed by atoms with Crippen LogP contribution in [0.3, 0.4) is 0 Å². The third kappa shape index (κ3) is 3.36. The molecule has 0 unspecified atom stereocenters. The van der Waals surface area contributed by atoms with Crippen molar-refractivity contribution in [3.8, 4) is 0 Å². The van der Waals surface area contributed by atoms with Crippen molar-refractivity contribution in [1.29, 1.82) is 0 Å². The fourth-order valence-electron chi connectivity index (χ4n) is 2.84. The molecule has 2 rings (SSSR count). The lowest BCUT2D eigenvalue weighted by Gasteiger charge is -2.41. The van der Waals surface area contributed by atoms with Crippen molar-refractivity contribution in [2.45, 2.75) is 25.8 Å². The second-order valence-electron chi connectivity index (χ2n) is 5.26.